The third kappa shape index (κ3) is 4.07. The molecule has 0 saturated heterocycles. The molecule has 0 aromatic carbocycles. The average molecular weight is 344 g/mol. The smallest absolute Gasteiger partial charge is 0.212 e. The van der Waals surface area contributed by atoms with Gasteiger partial charge in [-0.2, -0.15) is 0 Å². The SMILES string of the molecule is Cc1nc2c(s1)C(NCCS(=O)(=O)NCC1CCC1)CCC2. The lowest BCUT2D eigenvalue weighted by Crippen LogP contribution is -2.37. The molecule has 2 aliphatic rings. The largest absolute Gasteiger partial charge is 0.308 e. The predicted octanol–water partition coefficient (Wildman–Crippen LogP) is 2.14. The topological polar surface area (TPSA) is 71.1 Å². The molecule has 0 radical (unpaired) electrons. The number of aryl methyl sites for hydroxylation is 2. The van der Waals surface area contributed by atoms with E-state index in [4.69, 9.17) is 0 Å². The molecule has 1 saturated carbocycles. The van der Waals surface area contributed by atoms with Gasteiger partial charge in [0.05, 0.1) is 16.5 Å². The summed E-state index contributed by atoms with van der Waals surface area (Å²) in [6.07, 6.45) is 6.82. The number of fused-ring (bicyclic) bond motifs is 1. The maximum absolute atomic E-state index is 12.0. The van der Waals surface area contributed by atoms with E-state index in [-0.39, 0.29) is 11.8 Å². The van der Waals surface area contributed by atoms with Crippen molar-refractivity contribution >= 4 is 21.4 Å². The highest BCUT2D eigenvalue weighted by Gasteiger charge is 2.24. The van der Waals surface area contributed by atoms with Gasteiger partial charge in [-0.3, -0.25) is 0 Å². The molecule has 7 heteroatoms. The normalized spacial score (nSPS) is 22.3. The molecule has 1 atom stereocenters. The second-order valence-electron chi connectivity index (χ2n) is 6.41. The molecule has 0 amide bonds. The zero-order chi connectivity index (χ0) is 15.6. The molecule has 5 nitrogen and oxygen atoms in total. The second-order valence-corrected chi connectivity index (χ2v) is 9.57. The molecule has 0 bridgehead atoms. The van der Waals surface area contributed by atoms with Gasteiger partial charge in [0.25, 0.3) is 0 Å². The van der Waals surface area contributed by atoms with E-state index in [2.05, 4.69) is 15.0 Å². The number of nitrogens with one attached hydrogen (secondary N) is 2. The van der Waals surface area contributed by atoms with Crippen LogP contribution in [0.15, 0.2) is 0 Å². The minimum absolute atomic E-state index is 0.156. The maximum atomic E-state index is 12.0. The van der Waals surface area contributed by atoms with E-state index in [0.29, 0.717) is 19.0 Å². The van der Waals surface area contributed by atoms with Gasteiger partial charge in [0.15, 0.2) is 0 Å². The Morgan fingerprint density at radius 3 is 2.82 bits per heavy atom. The molecule has 1 aromatic rings. The van der Waals surface area contributed by atoms with Crippen LogP contribution in [0.3, 0.4) is 0 Å². The highest BCUT2D eigenvalue weighted by atomic mass is 32.2. The first-order chi connectivity index (χ1) is 10.5. The van der Waals surface area contributed by atoms with Crippen molar-refractivity contribution in [1.29, 1.82) is 0 Å². The van der Waals surface area contributed by atoms with E-state index in [9.17, 15) is 8.42 Å². The van der Waals surface area contributed by atoms with Crippen LogP contribution >= 0.6 is 11.3 Å². The minimum Gasteiger partial charge on any atom is -0.308 e. The lowest BCUT2D eigenvalue weighted by molar-refractivity contribution is 0.316. The molecule has 22 heavy (non-hydrogen) atoms. The average Bonchev–Trinajstić information content (AvgIpc) is 2.77. The monoisotopic (exact) mass is 343 g/mol. The fraction of sp³-hybridized carbons (Fsp3) is 0.800. The summed E-state index contributed by atoms with van der Waals surface area (Å²) >= 11 is 1.74. The first-order valence-corrected chi connectivity index (χ1v) is 10.7. The summed E-state index contributed by atoms with van der Waals surface area (Å²) in [4.78, 5) is 5.88. The van der Waals surface area contributed by atoms with Crippen molar-refractivity contribution in [3.63, 3.8) is 0 Å². The second kappa shape index (κ2) is 6.95. The van der Waals surface area contributed by atoms with Gasteiger partial charge in [-0.1, -0.05) is 6.42 Å². The molecular weight excluding hydrogens is 318 g/mol. The summed E-state index contributed by atoms with van der Waals surface area (Å²) in [7, 11) is -3.15. The molecule has 3 rings (SSSR count). The molecule has 1 fully saturated rings. The Kier molecular flexibility index (Phi) is 5.17. The number of rotatable bonds is 7. The third-order valence-electron chi connectivity index (χ3n) is 4.64. The van der Waals surface area contributed by atoms with Gasteiger partial charge in [0.2, 0.25) is 10.0 Å². The first kappa shape index (κ1) is 16.4. The van der Waals surface area contributed by atoms with E-state index in [1.54, 1.807) is 11.3 Å². The van der Waals surface area contributed by atoms with Gasteiger partial charge in [0.1, 0.15) is 0 Å². The Morgan fingerprint density at radius 2 is 2.09 bits per heavy atom. The van der Waals surface area contributed by atoms with Crippen LogP contribution in [0.4, 0.5) is 0 Å². The summed E-state index contributed by atoms with van der Waals surface area (Å²) < 4.78 is 26.8. The Bertz CT molecular complexity index is 608. The number of thiazole rings is 1. The fourth-order valence-electron chi connectivity index (χ4n) is 3.12. The summed E-state index contributed by atoms with van der Waals surface area (Å²) in [5.74, 6) is 0.715. The van der Waals surface area contributed by atoms with Gasteiger partial charge >= 0.3 is 0 Å². The number of nitrogens with zero attached hydrogens (tertiary/aromatic N) is 1. The van der Waals surface area contributed by atoms with Crippen LogP contribution in [0.2, 0.25) is 0 Å². The standard InChI is InChI=1S/C15H25N3O2S2/c1-11-18-14-7-3-6-13(15(14)21-11)16-8-9-22(19,20)17-10-12-4-2-5-12/h12-13,16-17H,2-10H2,1H3. The van der Waals surface area contributed by atoms with Crippen LogP contribution in [0, 0.1) is 12.8 Å². The van der Waals surface area contributed by atoms with Crippen molar-refractivity contribution in [3.05, 3.63) is 15.6 Å². The summed E-state index contributed by atoms with van der Waals surface area (Å²) in [5.41, 5.74) is 1.21. The van der Waals surface area contributed by atoms with Crippen LogP contribution in [0.1, 0.15) is 53.7 Å². The minimum atomic E-state index is -3.15. The van der Waals surface area contributed by atoms with Crippen LogP contribution in [0.5, 0.6) is 0 Å². The quantitative estimate of drug-likeness (QED) is 0.796. The molecule has 2 N–H and O–H groups in total. The zero-order valence-corrected chi connectivity index (χ0v) is 14.7. The molecule has 2 aliphatic carbocycles. The molecule has 0 aliphatic heterocycles. The third-order valence-corrected chi connectivity index (χ3v) is 7.11. The summed E-state index contributed by atoms with van der Waals surface area (Å²) in [6, 6.07) is 0.275. The summed E-state index contributed by atoms with van der Waals surface area (Å²) in [6.45, 7) is 3.15. The fourth-order valence-corrected chi connectivity index (χ4v) is 5.22. The number of hydrogen-bond acceptors (Lipinski definition) is 5. The van der Waals surface area contributed by atoms with Crippen LogP contribution in [-0.4, -0.2) is 32.2 Å². The Morgan fingerprint density at radius 1 is 1.27 bits per heavy atom. The van der Waals surface area contributed by atoms with Gasteiger partial charge in [-0.05, 0) is 44.9 Å². The number of sulfonamides is 1. The lowest BCUT2D eigenvalue weighted by atomic mass is 9.86. The van der Waals surface area contributed by atoms with E-state index in [1.165, 1.54) is 17.0 Å². The van der Waals surface area contributed by atoms with Crippen molar-refractivity contribution in [3.8, 4) is 0 Å². The zero-order valence-electron chi connectivity index (χ0n) is 13.1. The molecule has 0 spiro atoms. The number of hydrogen-bond donors (Lipinski definition) is 2. The highest BCUT2D eigenvalue weighted by Crippen LogP contribution is 2.33. The lowest BCUT2D eigenvalue weighted by Gasteiger charge is -2.25. The highest BCUT2D eigenvalue weighted by molar-refractivity contribution is 7.89. The van der Waals surface area contributed by atoms with E-state index in [1.807, 2.05) is 6.92 Å². The van der Waals surface area contributed by atoms with Crippen molar-refractivity contribution < 1.29 is 8.42 Å². The van der Waals surface area contributed by atoms with Crippen LogP contribution in [-0.2, 0) is 16.4 Å². The molecular formula is C15H25N3O2S2. The van der Waals surface area contributed by atoms with E-state index < -0.39 is 10.0 Å². The van der Waals surface area contributed by atoms with Crippen molar-refractivity contribution in [2.24, 2.45) is 5.92 Å². The Hall–Kier alpha value is -0.500. The molecule has 1 aromatic heterocycles. The van der Waals surface area contributed by atoms with Gasteiger partial charge in [0, 0.05) is 24.0 Å². The van der Waals surface area contributed by atoms with Crippen molar-refractivity contribution in [2.45, 2.75) is 51.5 Å². The predicted molar refractivity (Wildman–Crippen MR) is 89.7 cm³/mol. The van der Waals surface area contributed by atoms with Crippen molar-refractivity contribution in [2.75, 3.05) is 18.8 Å². The molecule has 1 unspecified atom stereocenters. The van der Waals surface area contributed by atoms with Crippen LogP contribution in [0.25, 0.3) is 0 Å². The van der Waals surface area contributed by atoms with Gasteiger partial charge < -0.3 is 5.32 Å². The van der Waals surface area contributed by atoms with Crippen molar-refractivity contribution in [1.82, 2.24) is 15.0 Å². The van der Waals surface area contributed by atoms with Crippen LogP contribution < -0.4 is 10.0 Å². The maximum Gasteiger partial charge on any atom is 0.212 e. The Labute approximate surface area is 137 Å². The molecule has 124 valence electrons. The van der Waals surface area contributed by atoms with E-state index in [0.717, 1.165) is 37.1 Å². The van der Waals surface area contributed by atoms with E-state index >= 15 is 0 Å². The number of aromatic nitrogens is 1. The Balaban J connectivity index is 1.46. The summed E-state index contributed by atoms with van der Waals surface area (Å²) in [5, 5.41) is 4.52. The van der Waals surface area contributed by atoms with Gasteiger partial charge in [-0.15, -0.1) is 11.3 Å². The first-order valence-electron chi connectivity index (χ1n) is 8.20. The van der Waals surface area contributed by atoms with Gasteiger partial charge in [-0.25, -0.2) is 18.1 Å². The molecule has 1 heterocycles.